The molecule has 1 atom stereocenters. The van der Waals surface area contributed by atoms with E-state index in [0.717, 1.165) is 17.7 Å². The van der Waals surface area contributed by atoms with Gasteiger partial charge in [0.05, 0.1) is 13.5 Å². The molecule has 0 spiro atoms. The van der Waals surface area contributed by atoms with Gasteiger partial charge < -0.3 is 14.7 Å². The van der Waals surface area contributed by atoms with Gasteiger partial charge in [-0.05, 0) is 25.8 Å². The number of hydrogen-bond acceptors (Lipinski definition) is 4. The minimum atomic E-state index is -0.862. The summed E-state index contributed by atoms with van der Waals surface area (Å²) < 4.78 is 5.21. The molecule has 2 rings (SSSR count). The number of carboxylic acids is 1. The van der Waals surface area contributed by atoms with E-state index in [0.29, 0.717) is 17.2 Å². The number of nitrogens with zero attached hydrogens (tertiary/aromatic N) is 1. The van der Waals surface area contributed by atoms with E-state index >= 15 is 0 Å². The summed E-state index contributed by atoms with van der Waals surface area (Å²) in [6, 6.07) is 1.64. The monoisotopic (exact) mass is 283 g/mol. The predicted molar refractivity (Wildman–Crippen MR) is 71.9 cm³/mol. The van der Waals surface area contributed by atoms with Gasteiger partial charge in [0.2, 0.25) is 0 Å². The molecular formula is C13H17NO4S. The molecular weight excluding hydrogens is 266 g/mol. The van der Waals surface area contributed by atoms with Crippen molar-refractivity contribution in [3.63, 3.8) is 0 Å². The average molecular weight is 283 g/mol. The minimum Gasteiger partial charge on any atom is -0.495 e. The molecule has 1 fully saturated rings. The van der Waals surface area contributed by atoms with E-state index in [1.807, 2.05) is 13.0 Å². The number of aryl methyl sites for hydroxylation is 1. The van der Waals surface area contributed by atoms with E-state index in [-0.39, 0.29) is 18.4 Å². The van der Waals surface area contributed by atoms with Gasteiger partial charge in [-0.1, -0.05) is 0 Å². The van der Waals surface area contributed by atoms with Gasteiger partial charge in [0.15, 0.2) is 0 Å². The molecule has 6 heteroatoms. The van der Waals surface area contributed by atoms with Crippen LogP contribution in [-0.4, -0.2) is 41.6 Å². The Balaban J connectivity index is 2.20. The lowest BCUT2D eigenvalue weighted by Gasteiger charge is -2.23. The molecule has 1 aromatic rings. The number of carbonyl (C=O) groups excluding carboxylic acids is 1. The van der Waals surface area contributed by atoms with Gasteiger partial charge in [-0.2, -0.15) is 0 Å². The molecule has 2 heterocycles. The fourth-order valence-electron chi connectivity index (χ4n) is 2.44. The van der Waals surface area contributed by atoms with Crippen molar-refractivity contribution in [2.45, 2.75) is 32.2 Å². The third-order valence-corrected chi connectivity index (χ3v) is 4.30. The fourth-order valence-corrected chi connectivity index (χ4v) is 3.37. The first-order valence-corrected chi connectivity index (χ1v) is 7.01. The molecule has 104 valence electrons. The van der Waals surface area contributed by atoms with Crippen molar-refractivity contribution < 1.29 is 19.4 Å². The maximum atomic E-state index is 12.5. The molecule has 1 aliphatic heterocycles. The second kappa shape index (κ2) is 5.61. The molecule has 1 aliphatic rings. The van der Waals surface area contributed by atoms with Crippen LogP contribution in [0.3, 0.4) is 0 Å². The summed E-state index contributed by atoms with van der Waals surface area (Å²) in [5, 5.41) is 8.89. The van der Waals surface area contributed by atoms with E-state index in [9.17, 15) is 9.59 Å². The summed E-state index contributed by atoms with van der Waals surface area (Å²) in [6.45, 7) is 2.54. The fraction of sp³-hybridized carbons (Fsp3) is 0.538. The van der Waals surface area contributed by atoms with Crippen molar-refractivity contribution >= 4 is 23.2 Å². The Hall–Kier alpha value is -1.56. The van der Waals surface area contributed by atoms with E-state index in [1.165, 1.54) is 18.4 Å². The second-order valence-corrected chi connectivity index (χ2v) is 5.90. The standard InChI is InChI=1S/C13H17NO4S/c1-8-6-10(18-2)12(19-8)13(17)14-5-3-4-9(14)7-11(15)16/h6,9H,3-5,7H2,1-2H3,(H,15,16)/t9-/m1/s1. The summed E-state index contributed by atoms with van der Waals surface area (Å²) in [6.07, 6.45) is 1.62. The molecule has 1 N–H and O–H groups in total. The van der Waals surface area contributed by atoms with Crippen LogP contribution in [0.5, 0.6) is 5.75 Å². The first-order chi connectivity index (χ1) is 9.02. The summed E-state index contributed by atoms with van der Waals surface area (Å²) in [7, 11) is 1.54. The number of rotatable bonds is 4. The van der Waals surface area contributed by atoms with Gasteiger partial charge in [-0.3, -0.25) is 9.59 Å². The maximum absolute atomic E-state index is 12.5. The van der Waals surface area contributed by atoms with E-state index in [2.05, 4.69) is 0 Å². The average Bonchev–Trinajstić information content (AvgIpc) is 2.94. The summed E-state index contributed by atoms with van der Waals surface area (Å²) >= 11 is 1.39. The number of amides is 1. The highest BCUT2D eigenvalue weighted by Gasteiger charge is 2.33. The number of carboxylic acid groups (broad SMARTS) is 1. The summed E-state index contributed by atoms with van der Waals surface area (Å²) in [4.78, 5) is 26.6. The molecule has 0 aliphatic carbocycles. The van der Waals surface area contributed by atoms with Crippen LogP contribution in [0.25, 0.3) is 0 Å². The Morgan fingerprint density at radius 2 is 2.32 bits per heavy atom. The SMILES string of the molecule is COc1cc(C)sc1C(=O)N1CCC[C@@H]1CC(=O)O. The molecule has 5 nitrogen and oxygen atoms in total. The minimum absolute atomic E-state index is 0.0123. The van der Waals surface area contributed by atoms with Crippen LogP contribution in [0.2, 0.25) is 0 Å². The largest absolute Gasteiger partial charge is 0.495 e. The van der Waals surface area contributed by atoms with Crippen molar-refractivity contribution in [2.75, 3.05) is 13.7 Å². The number of thiophene rings is 1. The molecule has 0 unspecified atom stereocenters. The van der Waals surface area contributed by atoms with Gasteiger partial charge in [0, 0.05) is 17.5 Å². The van der Waals surface area contributed by atoms with Crippen LogP contribution >= 0.6 is 11.3 Å². The molecule has 0 radical (unpaired) electrons. The smallest absolute Gasteiger partial charge is 0.305 e. The number of hydrogen-bond donors (Lipinski definition) is 1. The van der Waals surface area contributed by atoms with Crippen LogP contribution < -0.4 is 4.74 Å². The molecule has 0 saturated carbocycles. The third kappa shape index (κ3) is 2.89. The zero-order valence-electron chi connectivity index (χ0n) is 11.0. The number of methoxy groups -OCH3 is 1. The van der Waals surface area contributed by atoms with Crippen LogP contribution in [0.1, 0.15) is 33.8 Å². The first kappa shape index (κ1) is 13.9. The lowest BCUT2D eigenvalue weighted by atomic mass is 10.1. The van der Waals surface area contributed by atoms with Crippen LogP contribution in [-0.2, 0) is 4.79 Å². The van der Waals surface area contributed by atoms with E-state index in [4.69, 9.17) is 9.84 Å². The van der Waals surface area contributed by atoms with E-state index < -0.39 is 5.97 Å². The molecule has 1 aromatic heterocycles. The summed E-state index contributed by atoms with van der Waals surface area (Å²) in [5.74, 6) is -0.397. The zero-order valence-corrected chi connectivity index (χ0v) is 11.8. The van der Waals surface area contributed by atoms with Crippen molar-refractivity contribution in [1.82, 2.24) is 4.90 Å². The van der Waals surface area contributed by atoms with Gasteiger partial charge in [-0.15, -0.1) is 11.3 Å². The maximum Gasteiger partial charge on any atom is 0.305 e. The van der Waals surface area contributed by atoms with Gasteiger partial charge in [-0.25, -0.2) is 0 Å². The Kier molecular flexibility index (Phi) is 4.09. The second-order valence-electron chi connectivity index (χ2n) is 4.65. The molecule has 1 saturated heterocycles. The Morgan fingerprint density at radius 3 is 2.95 bits per heavy atom. The van der Waals surface area contributed by atoms with E-state index in [1.54, 1.807) is 4.90 Å². The predicted octanol–water partition coefficient (Wildman–Crippen LogP) is 2.14. The lowest BCUT2D eigenvalue weighted by molar-refractivity contribution is -0.137. The first-order valence-electron chi connectivity index (χ1n) is 6.20. The summed E-state index contributed by atoms with van der Waals surface area (Å²) in [5.41, 5.74) is 0. The number of aliphatic carboxylic acids is 1. The highest BCUT2D eigenvalue weighted by atomic mass is 32.1. The lowest BCUT2D eigenvalue weighted by Crippen LogP contribution is -2.36. The van der Waals surface area contributed by atoms with Crippen LogP contribution in [0.4, 0.5) is 0 Å². The topological polar surface area (TPSA) is 66.8 Å². The normalized spacial score (nSPS) is 18.6. The Bertz CT molecular complexity index is 497. The zero-order chi connectivity index (χ0) is 14.0. The Morgan fingerprint density at radius 1 is 1.58 bits per heavy atom. The molecule has 1 amide bonds. The highest BCUT2D eigenvalue weighted by molar-refractivity contribution is 7.14. The number of carbonyl (C=O) groups is 2. The molecule has 0 bridgehead atoms. The van der Waals surface area contributed by atoms with Gasteiger partial charge in [0.25, 0.3) is 5.91 Å². The van der Waals surface area contributed by atoms with Crippen molar-refractivity contribution in [2.24, 2.45) is 0 Å². The molecule has 19 heavy (non-hydrogen) atoms. The van der Waals surface area contributed by atoms with Gasteiger partial charge in [0.1, 0.15) is 10.6 Å². The molecule has 0 aromatic carbocycles. The Labute approximate surface area is 115 Å². The quantitative estimate of drug-likeness (QED) is 0.919. The van der Waals surface area contributed by atoms with Crippen molar-refractivity contribution in [3.05, 3.63) is 15.8 Å². The third-order valence-electron chi connectivity index (χ3n) is 3.28. The van der Waals surface area contributed by atoms with Crippen LogP contribution in [0, 0.1) is 6.92 Å². The van der Waals surface area contributed by atoms with Crippen molar-refractivity contribution in [1.29, 1.82) is 0 Å². The number of ether oxygens (including phenoxy) is 1. The number of likely N-dealkylation sites (tertiary alicyclic amines) is 1. The van der Waals surface area contributed by atoms with Crippen LogP contribution in [0.15, 0.2) is 6.07 Å². The highest BCUT2D eigenvalue weighted by Crippen LogP contribution is 2.32. The van der Waals surface area contributed by atoms with Crippen molar-refractivity contribution in [3.8, 4) is 5.75 Å². The van der Waals surface area contributed by atoms with Gasteiger partial charge >= 0.3 is 5.97 Å².